The van der Waals surface area contributed by atoms with E-state index in [0.717, 1.165) is 31.6 Å². The number of aliphatic imine (C=N–C) groups is 1. The second-order valence-corrected chi connectivity index (χ2v) is 7.25. The molecule has 1 aliphatic heterocycles. The van der Waals surface area contributed by atoms with Gasteiger partial charge in [0, 0.05) is 33.2 Å². The monoisotopic (exact) mass is 364 g/mol. The number of hydrogen-bond acceptors (Lipinski definition) is 4. The van der Waals surface area contributed by atoms with E-state index in [-0.39, 0.29) is 12.0 Å². The van der Waals surface area contributed by atoms with Crippen LogP contribution in [0.25, 0.3) is 0 Å². The van der Waals surface area contributed by atoms with Crippen LogP contribution in [0.4, 0.5) is 0 Å². The van der Waals surface area contributed by atoms with Crippen molar-refractivity contribution < 1.29 is 13.9 Å². The van der Waals surface area contributed by atoms with E-state index >= 15 is 0 Å². The summed E-state index contributed by atoms with van der Waals surface area (Å²) in [6.45, 7) is 6.42. The minimum absolute atomic E-state index is 0.0215. The third kappa shape index (κ3) is 6.71. The van der Waals surface area contributed by atoms with E-state index in [1.807, 2.05) is 26.0 Å². The number of carbonyl (C=O) groups is 1. The zero-order chi connectivity index (χ0) is 18.8. The molecule has 7 heteroatoms. The van der Waals surface area contributed by atoms with Crippen molar-refractivity contribution in [1.29, 1.82) is 0 Å². The van der Waals surface area contributed by atoms with Crippen molar-refractivity contribution in [1.82, 2.24) is 16.0 Å². The van der Waals surface area contributed by atoms with Crippen molar-refractivity contribution in [3.63, 3.8) is 0 Å². The molecule has 2 rings (SSSR count). The Bertz CT molecular complexity index is 563. The molecule has 0 saturated carbocycles. The Balaban J connectivity index is 1.89. The quantitative estimate of drug-likeness (QED) is 0.483. The van der Waals surface area contributed by atoms with Crippen molar-refractivity contribution in [2.45, 2.75) is 45.6 Å². The number of guanidine groups is 1. The van der Waals surface area contributed by atoms with E-state index in [1.165, 1.54) is 6.42 Å². The van der Waals surface area contributed by atoms with Gasteiger partial charge >= 0.3 is 0 Å². The molecule has 1 saturated heterocycles. The molecule has 146 valence electrons. The maximum Gasteiger partial charge on any atom is 0.227 e. The molecule has 1 fully saturated rings. The van der Waals surface area contributed by atoms with E-state index in [2.05, 4.69) is 20.9 Å². The van der Waals surface area contributed by atoms with Gasteiger partial charge in [-0.1, -0.05) is 0 Å². The Hall–Kier alpha value is -2.02. The zero-order valence-electron chi connectivity index (χ0n) is 16.1. The van der Waals surface area contributed by atoms with Gasteiger partial charge < -0.3 is 25.1 Å². The highest BCUT2D eigenvalue weighted by Crippen LogP contribution is 2.15. The number of carbonyl (C=O) groups excluding carboxylic acids is 1. The van der Waals surface area contributed by atoms with E-state index < -0.39 is 5.41 Å². The molecule has 1 atom stereocenters. The lowest BCUT2D eigenvalue weighted by Gasteiger charge is -2.25. The van der Waals surface area contributed by atoms with Crippen LogP contribution in [-0.4, -0.2) is 51.3 Å². The van der Waals surface area contributed by atoms with Crippen molar-refractivity contribution in [2.24, 2.45) is 10.4 Å². The smallest absolute Gasteiger partial charge is 0.227 e. The van der Waals surface area contributed by atoms with Crippen molar-refractivity contribution in [3.05, 3.63) is 24.2 Å². The summed E-state index contributed by atoms with van der Waals surface area (Å²) in [6, 6.07) is 3.84. The number of ether oxygens (including phenoxy) is 1. The fraction of sp³-hybridized carbons (Fsp3) is 0.684. The fourth-order valence-electron chi connectivity index (χ4n) is 2.80. The lowest BCUT2D eigenvalue weighted by atomic mass is 9.93. The number of amides is 1. The Kier molecular flexibility index (Phi) is 7.97. The van der Waals surface area contributed by atoms with E-state index in [9.17, 15) is 4.79 Å². The normalized spacial score (nSPS) is 18.4. The van der Waals surface area contributed by atoms with Crippen LogP contribution in [0, 0.1) is 5.41 Å². The number of nitrogens with one attached hydrogen (secondary N) is 3. The Morgan fingerprint density at radius 2 is 2.19 bits per heavy atom. The molecule has 1 amide bonds. The fourth-order valence-corrected chi connectivity index (χ4v) is 2.80. The van der Waals surface area contributed by atoms with Crippen LogP contribution in [0.15, 0.2) is 27.8 Å². The summed E-state index contributed by atoms with van der Waals surface area (Å²) in [5, 5.41) is 9.36. The maximum absolute atomic E-state index is 12.0. The molecule has 0 spiro atoms. The summed E-state index contributed by atoms with van der Waals surface area (Å²) in [4.78, 5) is 16.6. The number of nitrogens with zero attached hydrogens (tertiary/aromatic N) is 1. The average Bonchev–Trinajstić information content (AvgIpc) is 3.17. The summed E-state index contributed by atoms with van der Waals surface area (Å²) in [5.74, 6) is 1.60. The molecule has 7 nitrogen and oxygen atoms in total. The Morgan fingerprint density at radius 1 is 1.35 bits per heavy atom. The van der Waals surface area contributed by atoms with Gasteiger partial charge in [0.15, 0.2) is 5.96 Å². The summed E-state index contributed by atoms with van der Waals surface area (Å²) >= 11 is 0. The van der Waals surface area contributed by atoms with Crippen LogP contribution < -0.4 is 16.0 Å². The molecule has 1 unspecified atom stereocenters. The van der Waals surface area contributed by atoms with E-state index in [4.69, 9.17) is 9.15 Å². The van der Waals surface area contributed by atoms with Crippen LogP contribution in [0.3, 0.4) is 0 Å². The molecule has 2 heterocycles. The Morgan fingerprint density at radius 3 is 2.85 bits per heavy atom. The molecule has 1 aliphatic rings. The molecule has 0 aromatic carbocycles. The first-order chi connectivity index (χ1) is 12.5. The molecule has 1 aromatic heterocycles. The van der Waals surface area contributed by atoms with Crippen LogP contribution in [0.1, 0.15) is 38.9 Å². The SMILES string of the molecule is CNC(=O)C(C)(C)CN=C(NCCc1ccco1)NCC1CCCCO1. The summed E-state index contributed by atoms with van der Waals surface area (Å²) < 4.78 is 11.1. The van der Waals surface area contributed by atoms with Crippen LogP contribution in [0.5, 0.6) is 0 Å². The number of furan rings is 1. The van der Waals surface area contributed by atoms with Crippen molar-refractivity contribution in [2.75, 3.05) is 33.3 Å². The third-order valence-electron chi connectivity index (χ3n) is 4.49. The molecule has 3 N–H and O–H groups in total. The minimum atomic E-state index is -0.564. The third-order valence-corrected chi connectivity index (χ3v) is 4.49. The van der Waals surface area contributed by atoms with E-state index in [1.54, 1.807) is 13.3 Å². The second kappa shape index (κ2) is 10.2. The van der Waals surface area contributed by atoms with Gasteiger partial charge in [0.1, 0.15) is 5.76 Å². The summed E-state index contributed by atoms with van der Waals surface area (Å²) in [7, 11) is 1.65. The molecule has 26 heavy (non-hydrogen) atoms. The molecule has 0 radical (unpaired) electrons. The minimum Gasteiger partial charge on any atom is -0.469 e. The van der Waals surface area contributed by atoms with Gasteiger partial charge in [0.05, 0.1) is 24.3 Å². The topological polar surface area (TPSA) is 87.9 Å². The predicted octanol–water partition coefficient (Wildman–Crippen LogP) is 1.70. The molecule has 0 bridgehead atoms. The molecule has 0 aliphatic carbocycles. The van der Waals surface area contributed by atoms with Gasteiger partial charge in [-0.25, -0.2) is 0 Å². The van der Waals surface area contributed by atoms with Gasteiger partial charge in [0.2, 0.25) is 5.91 Å². The molecular formula is C19H32N4O3. The van der Waals surface area contributed by atoms with Crippen LogP contribution >= 0.6 is 0 Å². The largest absolute Gasteiger partial charge is 0.469 e. The van der Waals surface area contributed by atoms with Crippen molar-refractivity contribution >= 4 is 11.9 Å². The first-order valence-electron chi connectivity index (χ1n) is 9.39. The lowest BCUT2D eigenvalue weighted by Crippen LogP contribution is -2.44. The first-order valence-corrected chi connectivity index (χ1v) is 9.39. The summed E-state index contributed by atoms with van der Waals surface area (Å²) in [6.07, 6.45) is 6.07. The highest BCUT2D eigenvalue weighted by molar-refractivity contribution is 5.83. The predicted molar refractivity (Wildman–Crippen MR) is 102 cm³/mol. The van der Waals surface area contributed by atoms with Crippen molar-refractivity contribution in [3.8, 4) is 0 Å². The van der Waals surface area contributed by atoms with Gasteiger partial charge in [-0.05, 0) is 45.2 Å². The molecule has 1 aromatic rings. The zero-order valence-corrected chi connectivity index (χ0v) is 16.1. The van der Waals surface area contributed by atoms with E-state index in [0.29, 0.717) is 25.6 Å². The number of hydrogen-bond donors (Lipinski definition) is 3. The Labute approximate surface area is 156 Å². The standard InChI is InChI=1S/C19H32N4O3/c1-19(2,17(24)20-3)14-23-18(21-10-9-15-8-6-12-25-15)22-13-16-7-4-5-11-26-16/h6,8,12,16H,4-5,7,9-11,13-14H2,1-3H3,(H,20,24)(H2,21,22,23). The van der Waals surface area contributed by atoms with Gasteiger partial charge in [-0.15, -0.1) is 0 Å². The average molecular weight is 364 g/mol. The van der Waals surface area contributed by atoms with Crippen LogP contribution in [-0.2, 0) is 16.0 Å². The first kappa shape index (κ1) is 20.3. The molecular weight excluding hydrogens is 332 g/mol. The highest BCUT2D eigenvalue weighted by atomic mass is 16.5. The van der Waals surface area contributed by atoms with Gasteiger partial charge in [0.25, 0.3) is 0 Å². The van der Waals surface area contributed by atoms with Gasteiger partial charge in [-0.3, -0.25) is 9.79 Å². The second-order valence-electron chi connectivity index (χ2n) is 7.25. The summed E-state index contributed by atoms with van der Waals surface area (Å²) in [5.41, 5.74) is -0.564. The lowest BCUT2D eigenvalue weighted by molar-refractivity contribution is -0.128. The highest BCUT2D eigenvalue weighted by Gasteiger charge is 2.26. The number of rotatable bonds is 8. The maximum atomic E-state index is 12.0. The van der Waals surface area contributed by atoms with Gasteiger partial charge in [-0.2, -0.15) is 0 Å². The van der Waals surface area contributed by atoms with Crippen LogP contribution in [0.2, 0.25) is 0 Å².